The highest BCUT2D eigenvalue weighted by molar-refractivity contribution is 7.15. The number of anilines is 1. The minimum Gasteiger partial charge on any atom is -0.478 e. The van der Waals surface area contributed by atoms with E-state index in [4.69, 9.17) is 21.1 Å². The van der Waals surface area contributed by atoms with Gasteiger partial charge in [-0.1, -0.05) is 23.7 Å². The largest absolute Gasteiger partial charge is 0.478 e. The second kappa shape index (κ2) is 8.85. The lowest BCUT2D eigenvalue weighted by molar-refractivity contribution is -0.128. The molecule has 0 fully saturated rings. The summed E-state index contributed by atoms with van der Waals surface area (Å²) in [5.74, 6) is -0.966. The van der Waals surface area contributed by atoms with Crippen molar-refractivity contribution in [3.05, 3.63) is 70.3 Å². The smallest absolute Gasteiger partial charge is 0.341 e. The number of hydrogen-bond donors (Lipinski definition) is 1. The van der Waals surface area contributed by atoms with Crippen molar-refractivity contribution in [1.82, 2.24) is 0 Å². The van der Waals surface area contributed by atoms with Gasteiger partial charge in [-0.2, -0.15) is 0 Å². The third-order valence-corrected chi connectivity index (χ3v) is 5.44. The molecule has 30 heavy (non-hydrogen) atoms. The number of esters is 1. The lowest BCUT2D eigenvalue weighted by Gasteiger charge is -2.25. The van der Waals surface area contributed by atoms with Crippen LogP contribution >= 0.6 is 22.9 Å². The quantitative estimate of drug-likeness (QED) is 0.486. The number of halogens is 2. The van der Waals surface area contributed by atoms with E-state index in [1.807, 2.05) is 0 Å². The molecule has 0 bridgehead atoms. The number of ether oxygens (including phenoxy) is 2. The lowest BCUT2D eigenvalue weighted by Crippen LogP contribution is -2.42. The summed E-state index contributed by atoms with van der Waals surface area (Å²) in [6.07, 6.45) is 0. The van der Waals surface area contributed by atoms with Gasteiger partial charge in [-0.3, -0.25) is 4.79 Å². The predicted molar refractivity (Wildman–Crippen MR) is 116 cm³/mol. The number of benzene rings is 2. The van der Waals surface area contributed by atoms with E-state index in [1.165, 1.54) is 30.6 Å². The first-order valence-corrected chi connectivity index (χ1v) is 10.2. The number of methoxy groups -OCH3 is 1. The molecule has 0 saturated heterocycles. The summed E-state index contributed by atoms with van der Waals surface area (Å²) in [5.41, 5.74) is 0.134. The summed E-state index contributed by atoms with van der Waals surface area (Å²) >= 11 is 7.05. The molecule has 0 spiro atoms. The molecule has 0 aliphatic carbocycles. The SMILES string of the molecule is COC(=O)c1c(-c2ccc(F)cc2)csc1NC(=O)C(C)(C)Oc1ccc(Cl)cc1. The van der Waals surface area contributed by atoms with E-state index in [9.17, 15) is 14.0 Å². The first-order chi connectivity index (χ1) is 14.2. The van der Waals surface area contributed by atoms with Crippen LogP contribution in [0.2, 0.25) is 5.02 Å². The Morgan fingerprint density at radius 3 is 2.30 bits per heavy atom. The molecule has 156 valence electrons. The molecule has 0 aliphatic rings. The second-order valence-electron chi connectivity index (χ2n) is 6.87. The molecule has 1 amide bonds. The van der Waals surface area contributed by atoms with Gasteiger partial charge in [0.2, 0.25) is 0 Å². The van der Waals surface area contributed by atoms with Crippen molar-refractivity contribution in [3.8, 4) is 16.9 Å². The van der Waals surface area contributed by atoms with Crippen LogP contribution in [0.15, 0.2) is 53.9 Å². The molecule has 0 radical (unpaired) electrons. The Morgan fingerprint density at radius 1 is 1.07 bits per heavy atom. The van der Waals surface area contributed by atoms with Crippen molar-refractivity contribution in [2.45, 2.75) is 19.4 Å². The maximum Gasteiger partial charge on any atom is 0.341 e. The highest BCUT2D eigenvalue weighted by Gasteiger charge is 2.32. The summed E-state index contributed by atoms with van der Waals surface area (Å²) in [4.78, 5) is 25.3. The summed E-state index contributed by atoms with van der Waals surface area (Å²) < 4.78 is 24.0. The van der Waals surface area contributed by atoms with Crippen molar-refractivity contribution in [2.75, 3.05) is 12.4 Å². The number of nitrogens with one attached hydrogen (secondary N) is 1. The zero-order valence-corrected chi connectivity index (χ0v) is 18.1. The number of carbonyl (C=O) groups is 2. The van der Waals surface area contributed by atoms with Gasteiger partial charge >= 0.3 is 5.97 Å². The zero-order valence-electron chi connectivity index (χ0n) is 16.5. The monoisotopic (exact) mass is 447 g/mol. The molecule has 1 aromatic heterocycles. The van der Waals surface area contributed by atoms with E-state index in [0.717, 1.165) is 0 Å². The molecule has 5 nitrogen and oxygen atoms in total. The van der Waals surface area contributed by atoms with Crippen molar-refractivity contribution >= 4 is 39.8 Å². The molecular formula is C22H19ClFNO4S. The number of carbonyl (C=O) groups excluding carboxylic acids is 2. The lowest BCUT2D eigenvalue weighted by atomic mass is 10.0. The van der Waals surface area contributed by atoms with Gasteiger partial charge < -0.3 is 14.8 Å². The molecule has 3 aromatic rings. The maximum absolute atomic E-state index is 13.3. The minimum atomic E-state index is -1.23. The molecular weight excluding hydrogens is 429 g/mol. The Labute approximate surface area is 182 Å². The van der Waals surface area contributed by atoms with E-state index in [2.05, 4.69) is 5.32 Å². The standard InChI is InChI=1S/C22H19ClFNO4S/c1-22(2,29-16-10-6-14(23)7-11-16)21(27)25-19-18(20(26)28-3)17(12-30-19)13-4-8-15(24)9-5-13/h4-12H,1-3H3,(H,25,27). The van der Waals surface area contributed by atoms with Gasteiger partial charge in [-0.05, 0) is 55.8 Å². The Kier molecular flexibility index (Phi) is 6.43. The highest BCUT2D eigenvalue weighted by Crippen LogP contribution is 2.37. The van der Waals surface area contributed by atoms with Gasteiger partial charge in [-0.25, -0.2) is 9.18 Å². The topological polar surface area (TPSA) is 64.6 Å². The fourth-order valence-corrected chi connectivity index (χ4v) is 3.77. The fourth-order valence-electron chi connectivity index (χ4n) is 2.69. The van der Waals surface area contributed by atoms with Crippen LogP contribution in [0.4, 0.5) is 9.39 Å². The van der Waals surface area contributed by atoms with Crippen molar-refractivity contribution in [3.63, 3.8) is 0 Å². The Hall–Kier alpha value is -2.90. The van der Waals surface area contributed by atoms with Gasteiger partial charge in [0.25, 0.3) is 5.91 Å². The van der Waals surface area contributed by atoms with Crippen molar-refractivity contribution in [1.29, 1.82) is 0 Å². The van der Waals surface area contributed by atoms with Crippen molar-refractivity contribution in [2.24, 2.45) is 0 Å². The number of amides is 1. The number of rotatable bonds is 6. The molecule has 0 atom stereocenters. The number of thiophene rings is 1. The first-order valence-electron chi connectivity index (χ1n) is 8.93. The van der Waals surface area contributed by atoms with E-state index in [1.54, 1.807) is 55.6 Å². The summed E-state index contributed by atoms with van der Waals surface area (Å²) in [7, 11) is 1.26. The first kappa shape index (κ1) is 21.8. The van der Waals surface area contributed by atoms with Crippen LogP contribution in [0.3, 0.4) is 0 Å². The van der Waals surface area contributed by atoms with Gasteiger partial charge in [-0.15, -0.1) is 11.3 Å². The van der Waals surface area contributed by atoms with Crippen LogP contribution in [0, 0.1) is 5.82 Å². The van der Waals surface area contributed by atoms with E-state index in [0.29, 0.717) is 26.9 Å². The van der Waals surface area contributed by atoms with Gasteiger partial charge in [0.15, 0.2) is 5.60 Å². The van der Waals surface area contributed by atoms with E-state index in [-0.39, 0.29) is 11.4 Å². The molecule has 0 saturated carbocycles. The second-order valence-corrected chi connectivity index (χ2v) is 8.19. The van der Waals surface area contributed by atoms with Crippen LogP contribution in [-0.2, 0) is 9.53 Å². The van der Waals surface area contributed by atoms with E-state index < -0.39 is 17.5 Å². The van der Waals surface area contributed by atoms with Gasteiger partial charge in [0, 0.05) is 16.0 Å². The third kappa shape index (κ3) is 4.80. The summed E-state index contributed by atoms with van der Waals surface area (Å²) in [6, 6.07) is 12.4. The predicted octanol–water partition coefficient (Wildman–Crippen LogP) is 5.79. The summed E-state index contributed by atoms with van der Waals surface area (Å²) in [6.45, 7) is 3.23. The van der Waals surface area contributed by atoms with Gasteiger partial charge in [0.05, 0.1) is 7.11 Å². The molecule has 8 heteroatoms. The van der Waals surface area contributed by atoms with E-state index >= 15 is 0 Å². The molecule has 2 aromatic carbocycles. The Bertz CT molecular complexity index is 1060. The maximum atomic E-state index is 13.3. The normalized spacial score (nSPS) is 11.1. The molecule has 1 heterocycles. The Morgan fingerprint density at radius 2 is 1.70 bits per heavy atom. The molecule has 0 unspecified atom stereocenters. The van der Waals surface area contributed by atoms with Crippen LogP contribution < -0.4 is 10.1 Å². The van der Waals surface area contributed by atoms with Gasteiger partial charge in [0.1, 0.15) is 22.1 Å². The molecule has 1 N–H and O–H groups in total. The molecule has 0 aliphatic heterocycles. The minimum absolute atomic E-state index is 0.199. The van der Waals surface area contributed by atoms with Crippen LogP contribution in [0.25, 0.3) is 11.1 Å². The van der Waals surface area contributed by atoms with Crippen LogP contribution in [0.5, 0.6) is 5.75 Å². The average molecular weight is 448 g/mol. The summed E-state index contributed by atoms with van der Waals surface area (Å²) in [5, 5.41) is 5.34. The fraction of sp³-hybridized carbons (Fsp3) is 0.182. The highest BCUT2D eigenvalue weighted by atomic mass is 35.5. The van der Waals surface area contributed by atoms with Crippen molar-refractivity contribution < 1.29 is 23.5 Å². The Balaban J connectivity index is 1.87. The molecule has 3 rings (SSSR count). The zero-order chi connectivity index (χ0) is 21.9. The van der Waals surface area contributed by atoms with Crippen LogP contribution in [0.1, 0.15) is 24.2 Å². The third-order valence-electron chi connectivity index (χ3n) is 4.30. The average Bonchev–Trinajstić information content (AvgIpc) is 3.13. The van der Waals surface area contributed by atoms with Crippen LogP contribution in [-0.4, -0.2) is 24.6 Å². The number of hydrogen-bond acceptors (Lipinski definition) is 5.